The Morgan fingerprint density at radius 1 is 0.968 bits per heavy atom. The Morgan fingerprint density at radius 3 is 2.58 bits per heavy atom. The van der Waals surface area contributed by atoms with Crippen molar-refractivity contribution in [2.75, 3.05) is 10.6 Å². The molecule has 0 fully saturated rings. The largest absolute Gasteiger partial charge is 0.322 e. The van der Waals surface area contributed by atoms with Crippen LogP contribution in [0.5, 0.6) is 0 Å². The van der Waals surface area contributed by atoms with E-state index in [2.05, 4.69) is 15.6 Å². The van der Waals surface area contributed by atoms with Crippen molar-refractivity contribution in [3.63, 3.8) is 0 Å². The van der Waals surface area contributed by atoms with Gasteiger partial charge in [0.2, 0.25) is 0 Å². The zero-order valence-electron chi connectivity index (χ0n) is 17.8. The highest BCUT2D eigenvalue weighted by molar-refractivity contribution is 6.08. The lowest BCUT2D eigenvalue weighted by molar-refractivity contribution is -0.112. The maximum atomic E-state index is 12.7. The van der Waals surface area contributed by atoms with Crippen molar-refractivity contribution in [3.8, 4) is 0 Å². The lowest BCUT2D eigenvalue weighted by Crippen LogP contribution is -2.15. The van der Waals surface area contributed by atoms with Gasteiger partial charge in [-0.05, 0) is 62.7 Å². The first-order valence-corrected chi connectivity index (χ1v) is 10.1. The van der Waals surface area contributed by atoms with Crippen LogP contribution < -0.4 is 10.6 Å². The molecule has 0 unspecified atom stereocenters. The fourth-order valence-corrected chi connectivity index (χ4v) is 3.03. The quantitative estimate of drug-likeness (QED) is 0.397. The number of nitrogens with zero attached hydrogens (tertiary/aromatic N) is 1. The van der Waals surface area contributed by atoms with Gasteiger partial charge >= 0.3 is 0 Å². The van der Waals surface area contributed by atoms with E-state index in [4.69, 9.17) is 0 Å². The molecule has 5 nitrogen and oxygen atoms in total. The highest BCUT2D eigenvalue weighted by Crippen LogP contribution is 2.22. The molecule has 0 aliphatic heterocycles. The second-order valence-electron chi connectivity index (χ2n) is 7.00. The van der Waals surface area contributed by atoms with Gasteiger partial charge in [0.25, 0.3) is 11.8 Å². The maximum absolute atomic E-state index is 12.7. The summed E-state index contributed by atoms with van der Waals surface area (Å²) in [5.74, 6) is -0.459. The average molecular weight is 412 g/mol. The number of carbonyl (C=O) groups excluding carboxylic acids is 2. The van der Waals surface area contributed by atoms with E-state index in [0.717, 1.165) is 16.5 Å². The number of hydrogen-bond donors (Lipinski definition) is 2. The van der Waals surface area contributed by atoms with Gasteiger partial charge in [-0.3, -0.25) is 14.6 Å². The van der Waals surface area contributed by atoms with Crippen molar-refractivity contribution in [2.24, 2.45) is 0 Å². The summed E-state index contributed by atoms with van der Waals surface area (Å²) in [5, 5.41) is 6.80. The third-order valence-electron chi connectivity index (χ3n) is 4.69. The maximum Gasteiger partial charge on any atom is 0.255 e. The van der Waals surface area contributed by atoms with Crippen LogP contribution >= 0.6 is 0 Å². The topological polar surface area (TPSA) is 71.1 Å². The first-order chi connectivity index (χ1) is 15.0. The number of aryl methyl sites for hydroxylation is 1. The Kier molecular flexibility index (Phi) is 7.12. The minimum Gasteiger partial charge on any atom is -0.322 e. The summed E-state index contributed by atoms with van der Waals surface area (Å²) >= 11 is 0. The molecule has 0 spiro atoms. The molecule has 3 rings (SSSR count). The van der Waals surface area contributed by atoms with E-state index in [1.54, 1.807) is 36.5 Å². The van der Waals surface area contributed by atoms with Crippen LogP contribution in [0.2, 0.25) is 0 Å². The van der Waals surface area contributed by atoms with Crippen molar-refractivity contribution in [2.45, 2.75) is 20.8 Å². The van der Waals surface area contributed by atoms with Gasteiger partial charge in [-0.15, -0.1) is 0 Å². The Morgan fingerprint density at radius 2 is 1.81 bits per heavy atom. The second-order valence-corrected chi connectivity index (χ2v) is 7.00. The molecule has 156 valence electrons. The summed E-state index contributed by atoms with van der Waals surface area (Å²) in [6.45, 7) is 5.66. The van der Waals surface area contributed by atoms with Gasteiger partial charge < -0.3 is 10.6 Å². The molecule has 3 aromatic rings. The minimum atomic E-state index is -0.240. The first-order valence-electron chi connectivity index (χ1n) is 10.1. The van der Waals surface area contributed by atoms with Crippen molar-refractivity contribution in [3.05, 3.63) is 102 Å². The van der Waals surface area contributed by atoms with Crippen LogP contribution in [0.3, 0.4) is 0 Å². The number of amides is 2. The normalized spacial score (nSPS) is 11.9. The van der Waals surface area contributed by atoms with E-state index >= 15 is 0 Å². The van der Waals surface area contributed by atoms with Crippen LogP contribution in [0, 0.1) is 6.92 Å². The van der Waals surface area contributed by atoms with Crippen molar-refractivity contribution >= 4 is 34.1 Å². The lowest BCUT2D eigenvalue weighted by atomic mass is 10.1. The number of nitrogens with one attached hydrogen (secondary N) is 2. The van der Waals surface area contributed by atoms with Gasteiger partial charge in [-0.2, -0.15) is 0 Å². The molecule has 2 amide bonds. The Balaban J connectivity index is 1.79. The number of rotatable bonds is 6. The number of aromatic nitrogens is 1. The van der Waals surface area contributed by atoms with E-state index in [1.165, 1.54) is 0 Å². The van der Waals surface area contributed by atoms with E-state index in [0.29, 0.717) is 22.5 Å². The van der Waals surface area contributed by atoms with E-state index < -0.39 is 0 Å². The zero-order valence-corrected chi connectivity index (χ0v) is 17.8. The number of carbonyl (C=O) groups is 2. The van der Waals surface area contributed by atoms with Gasteiger partial charge in [0.1, 0.15) is 0 Å². The molecule has 2 aromatic carbocycles. The molecular formula is C26H25N3O2. The van der Waals surface area contributed by atoms with Crippen LogP contribution in [-0.2, 0) is 4.79 Å². The summed E-state index contributed by atoms with van der Waals surface area (Å²) in [5.41, 5.74) is 3.94. The molecular weight excluding hydrogens is 386 g/mol. The van der Waals surface area contributed by atoms with Crippen LogP contribution in [0.4, 0.5) is 11.4 Å². The van der Waals surface area contributed by atoms with E-state index in [9.17, 15) is 9.59 Å². The summed E-state index contributed by atoms with van der Waals surface area (Å²) in [6, 6.07) is 14.6. The molecule has 1 heterocycles. The number of pyridine rings is 1. The summed E-state index contributed by atoms with van der Waals surface area (Å²) in [7, 11) is 0. The molecule has 31 heavy (non-hydrogen) atoms. The average Bonchev–Trinajstić information content (AvgIpc) is 2.78. The molecule has 0 atom stereocenters. The molecule has 0 saturated carbocycles. The second kappa shape index (κ2) is 10.2. The fraction of sp³-hybridized carbons (Fsp3) is 0.115. The SMILES string of the molecule is C\C=C/C=C(\C=C/C)C(=O)Nc1cc(NC(=O)c2ccc3cccnc3c2)ccc1C. The molecule has 0 aliphatic rings. The standard InChI is InChI=1S/C26H25N3O2/c1-4-6-9-20(8-5-2)25(30)29-23-17-22(14-11-18(23)3)28-26(31)21-13-12-19-10-7-15-27-24(19)16-21/h4-17H,1-3H3,(H,28,31)(H,29,30)/b6-4-,8-5-,20-9+. The van der Waals surface area contributed by atoms with Crippen LogP contribution in [0.25, 0.3) is 10.9 Å². The van der Waals surface area contributed by atoms with Crippen molar-refractivity contribution in [1.29, 1.82) is 0 Å². The predicted octanol–water partition coefficient (Wildman–Crippen LogP) is 5.81. The molecule has 2 N–H and O–H groups in total. The van der Waals surface area contributed by atoms with Crippen LogP contribution in [-0.4, -0.2) is 16.8 Å². The molecule has 0 saturated heterocycles. The number of hydrogen-bond acceptors (Lipinski definition) is 3. The van der Waals surface area contributed by atoms with Crippen molar-refractivity contribution < 1.29 is 9.59 Å². The smallest absolute Gasteiger partial charge is 0.255 e. The lowest BCUT2D eigenvalue weighted by Gasteiger charge is -2.12. The first kappa shape index (κ1) is 21.7. The number of allylic oxidation sites excluding steroid dienone is 4. The zero-order chi connectivity index (χ0) is 22.2. The summed E-state index contributed by atoms with van der Waals surface area (Å²) < 4.78 is 0. The van der Waals surface area contributed by atoms with Crippen LogP contribution in [0.15, 0.2) is 90.7 Å². The Labute approximate surface area is 182 Å². The fourth-order valence-electron chi connectivity index (χ4n) is 3.03. The van der Waals surface area contributed by atoms with Gasteiger partial charge in [0, 0.05) is 34.1 Å². The van der Waals surface area contributed by atoms with Gasteiger partial charge in [0.15, 0.2) is 0 Å². The van der Waals surface area contributed by atoms with E-state index in [-0.39, 0.29) is 11.8 Å². The van der Waals surface area contributed by atoms with E-state index in [1.807, 2.05) is 69.3 Å². The Hall–Kier alpha value is -3.99. The molecule has 0 radical (unpaired) electrons. The van der Waals surface area contributed by atoms with Crippen molar-refractivity contribution in [1.82, 2.24) is 4.98 Å². The number of fused-ring (bicyclic) bond motifs is 1. The highest BCUT2D eigenvalue weighted by Gasteiger charge is 2.11. The molecule has 1 aromatic heterocycles. The van der Waals surface area contributed by atoms with Gasteiger partial charge in [-0.25, -0.2) is 0 Å². The summed E-state index contributed by atoms with van der Waals surface area (Å²) in [4.78, 5) is 29.7. The van der Waals surface area contributed by atoms with Gasteiger partial charge in [-0.1, -0.05) is 42.5 Å². The molecule has 0 aliphatic carbocycles. The number of benzene rings is 2. The minimum absolute atomic E-state index is 0.219. The molecule has 0 bridgehead atoms. The number of anilines is 2. The monoisotopic (exact) mass is 411 g/mol. The third kappa shape index (κ3) is 5.54. The van der Waals surface area contributed by atoms with Crippen LogP contribution in [0.1, 0.15) is 29.8 Å². The predicted molar refractivity (Wildman–Crippen MR) is 127 cm³/mol. The Bertz CT molecular complexity index is 1210. The van der Waals surface area contributed by atoms with Gasteiger partial charge in [0.05, 0.1) is 5.52 Å². The highest BCUT2D eigenvalue weighted by atomic mass is 16.2. The summed E-state index contributed by atoms with van der Waals surface area (Å²) in [6.07, 6.45) is 10.7. The molecule has 5 heteroatoms. The third-order valence-corrected chi connectivity index (χ3v) is 4.69.